The lowest BCUT2D eigenvalue weighted by Gasteiger charge is -2.08. The Bertz CT molecular complexity index is 557. The molecule has 3 nitrogen and oxygen atoms in total. The van der Waals surface area contributed by atoms with E-state index in [1.54, 1.807) is 30.3 Å². The molecule has 0 bridgehead atoms. The Labute approximate surface area is 118 Å². The lowest BCUT2D eigenvalue weighted by Crippen LogP contribution is -2.29. The fourth-order valence-electron chi connectivity index (χ4n) is 1.37. The number of hydrogen-bond acceptors (Lipinski definition) is 2. The first-order chi connectivity index (χ1) is 8.65. The van der Waals surface area contributed by atoms with Crippen molar-refractivity contribution in [2.24, 2.45) is 0 Å². The summed E-state index contributed by atoms with van der Waals surface area (Å²) in [5.41, 5.74) is 6.71. The van der Waals surface area contributed by atoms with Crippen LogP contribution in [0.25, 0.3) is 0 Å². The summed E-state index contributed by atoms with van der Waals surface area (Å²) >= 11 is 9.15. The number of carbonyl (C=O) groups is 1. The lowest BCUT2D eigenvalue weighted by molar-refractivity contribution is 0.0962. The van der Waals surface area contributed by atoms with Gasteiger partial charge in [0.05, 0.1) is 5.69 Å². The van der Waals surface area contributed by atoms with E-state index in [1.165, 1.54) is 0 Å². The molecule has 0 heterocycles. The first kappa shape index (κ1) is 12.9. The molecule has 92 valence electrons. The smallest absolute Gasteiger partial charge is 0.269 e. The Morgan fingerprint density at radius 2 is 1.83 bits per heavy atom. The molecule has 2 aromatic rings. The molecular formula is C13H10BrClN2O. The Kier molecular flexibility index (Phi) is 4.23. The third-order valence-corrected chi connectivity index (χ3v) is 3.02. The normalized spacial score (nSPS) is 9.89. The fourth-order valence-corrected chi connectivity index (χ4v) is 1.82. The highest BCUT2D eigenvalue weighted by atomic mass is 79.9. The average molecular weight is 326 g/mol. The number of hydrogen-bond donors (Lipinski definition) is 2. The summed E-state index contributed by atoms with van der Waals surface area (Å²) in [6.45, 7) is 0. The van der Waals surface area contributed by atoms with Crippen molar-refractivity contribution in [2.75, 3.05) is 5.43 Å². The van der Waals surface area contributed by atoms with Crippen molar-refractivity contribution in [1.29, 1.82) is 0 Å². The number of benzene rings is 2. The van der Waals surface area contributed by atoms with Gasteiger partial charge in [-0.3, -0.25) is 15.6 Å². The number of nitrogens with one attached hydrogen (secondary N) is 2. The average Bonchev–Trinajstić information content (AvgIpc) is 2.37. The molecule has 0 aliphatic carbocycles. The summed E-state index contributed by atoms with van der Waals surface area (Å²) < 4.78 is 0.932. The van der Waals surface area contributed by atoms with E-state index in [9.17, 15) is 4.79 Å². The molecule has 2 aromatic carbocycles. The maximum absolute atomic E-state index is 11.8. The van der Waals surface area contributed by atoms with E-state index in [2.05, 4.69) is 26.8 Å². The van der Waals surface area contributed by atoms with Crippen LogP contribution in [0, 0.1) is 0 Å². The molecule has 0 aliphatic rings. The molecule has 0 fully saturated rings. The van der Waals surface area contributed by atoms with Gasteiger partial charge in [0.1, 0.15) is 0 Å². The molecule has 0 atom stereocenters. The van der Waals surface area contributed by atoms with Gasteiger partial charge in [0.25, 0.3) is 5.91 Å². The number of anilines is 1. The molecule has 0 aliphatic heterocycles. The van der Waals surface area contributed by atoms with Gasteiger partial charge in [-0.05, 0) is 42.5 Å². The number of carbonyl (C=O) groups excluding carboxylic acids is 1. The van der Waals surface area contributed by atoms with Crippen molar-refractivity contribution in [2.45, 2.75) is 0 Å². The molecule has 0 radical (unpaired) electrons. The third-order valence-electron chi connectivity index (χ3n) is 2.25. The van der Waals surface area contributed by atoms with Crippen molar-refractivity contribution < 1.29 is 4.79 Å². The highest BCUT2D eigenvalue weighted by molar-refractivity contribution is 9.10. The van der Waals surface area contributed by atoms with E-state index in [4.69, 9.17) is 11.6 Å². The molecular weight excluding hydrogens is 316 g/mol. The van der Waals surface area contributed by atoms with Gasteiger partial charge >= 0.3 is 0 Å². The Balaban J connectivity index is 1.98. The zero-order chi connectivity index (χ0) is 13.0. The zero-order valence-corrected chi connectivity index (χ0v) is 11.6. The van der Waals surface area contributed by atoms with E-state index < -0.39 is 0 Å². The Morgan fingerprint density at radius 3 is 2.50 bits per heavy atom. The van der Waals surface area contributed by atoms with Crippen molar-refractivity contribution in [3.63, 3.8) is 0 Å². The second kappa shape index (κ2) is 5.89. The van der Waals surface area contributed by atoms with E-state index in [0.29, 0.717) is 10.6 Å². The Hall–Kier alpha value is -1.52. The maximum Gasteiger partial charge on any atom is 0.269 e. The van der Waals surface area contributed by atoms with Crippen molar-refractivity contribution >= 4 is 39.1 Å². The first-order valence-corrected chi connectivity index (χ1v) is 6.40. The standard InChI is InChI=1S/C13H10BrClN2O/c14-10-6-4-9(5-7-10)13(18)17-16-12-3-1-2-11(15)8-12/h1-8,16H,(H,17,18). The fraction of sp³-hybridized carbons (Fsp3) is 0. The van der Waals surface area contributed by atoms with Gasteiger partial charge in [-0.15, -0.1) is 0 Å². The second-order valence-electron chi connectivity index (χ2n) is 3.60. The van der Waals surface area contributed by atoms with Gasteiger partial charge in [0.2, 0.25) is 0 Å². The van der Waals surface area contributed by atoms with Gasteiger partial charge in [-0.1, -0.05) is 33.6 Å². The van der Waals surface area contributed by atoms with E-state index in [0.717, 1.165) is 10.2 Å². The minimum atomic E-state index is -0.206. The first-order valence-electron chi connectivity index (χ1n) is 5.22. The summed E-state index contributed by atoms with van der Waals surface area (Å²) in [7, 11) is 0. The monoisotopic (exact) mass is 324 g/mol. The van der Waals surface area contributed by atoms with Crippen LogP contribution in [0.15, 0.2) is 53.0 Å². The summed E-state index contributed by atoms with van der Waals surface area (Å²) in [5, 5.41) is 0.609. The largest absolute Gasteiger partial charge is 0.298 e. The molecule has 0 unspecified atom stereocenters. The predicted molar refractivity (Wildman–Crippen MR) is 76.7 cm³/mol. The number of hydrazine groups is 1. The highest BCUT2D eigenvalue weighted by Crippen LogP contribution is 2.14. The van der Waals surface area contributed by atoms with Crippen LogP contribution in [0.4, 0.5) is 5.69 Å². The summed E-state index contributed by atoms with van der Waals surface area (Å²) in [6.07, 6.45) is 0. The minimum Gasteiger partial charge on any atom is -0.298 e. The van der Waals surface area contributed by atoms with Crippen LogP contribution in [-0.2, 0) is 0 Å². The molecule has 2 rings (SSSR count). The number of rotatable bonds is 3. The molecule has 0 spiro atoms. The van der Waals surface area contributed by atoms with Crippen LogP contribution in [0.5, 0.6) is 0 Å². The quantitative estimate of drug-likeness (QED) is 0.841. The molecule has 18 heavy (non-hydrogen) atoms. The maximum atomic E-state index is 11.8. The second-order valence-corrected chi connectivity index (χ2v) is 4.95. The van der Waals surface area contributed by atoms with E-state index >= 15 is 0 Å². The molecule has 0 aromatic heterocycles. The van der Waals surface area contributed by atoms with Crippen LogP contribution in [0.3, 0.4) is 0 Å². The van der Waals surface area contributed by atoms with Crippen LogP contribution in [-0.4, -0.2) is 5.91 Å². The molecule has 0 saturated heterocycles. The van der Waals surface area contributed by atoms with Crippen molar-refractivity contribution in [1.82, 2.24) is 5.43 Å². The Morgan fingerprint density at radius 1 is 1.11 bits per heavy atom. The zero-order valence-electron chi connectivity index (χ0n) is 9.28. The predicted octanol–water partition coefficient (Wildman–Crippen LogP) is 3.86. The van der Waals surface area contributed by atoms with Crippen LogP contribution >= 0.6 is 27.5 Å². The number of halogens is 2. The third kappa shape index (κ3) is 3.48. The van der Waals surface area contributed by atoms with Gasteiger partial charge < -0.3 is 0 Å². The summed E-state index contributed by atoms with van der Waals surface area (Å²) in [6, 6.07) is 14.2. The highest BCUT2D eigenvalue weighted by Gasteiger charge is 2.04. The summed E-state index contributed by atoms with van der Waals surface area (Å²) in [5.74, 6) is -0.206. The summed E-state index contributed by atoms with van der Waals surface area (Å²) in [4.78, 5) is 11.8. The minimum absolute atomic E-state index is 0.206. The van der Waals surface area contributed by atoms with E-state index in [-0.39, 0.29) is 5.91 Å². The molecule has 2 N–H and O–H groups in total. The van der Waals surface area contributed by atoms with Gasteiger partial charge in [-0.25, -0.2) is 0 Å². The van der Waals surface area contributed by atoms with Crippen LogP contribution < -0.4 is 10.9 Å². The van der Waals surface area contributed by atoms with Crippen LogP contribution in [0.1, 0.15) is 10.4 Å². The lowest BCUT2D eigenvalue weighted by atomic mass is 10.2. The topological polar surface area (TPSA) is 41.1 Å². The van der Waals surface area contributed by atoms with Gasteiger partial charge in [0.15, 0.2) is 0 Å². The molecule has 5 heteroatoms. The molecule has 1 amide bonds. The van der Waals surface area contributed by atoms with Gasteiger partial charge in [-0.2, -0.15) is 0 Å². The molecule has 0 saturated carbocycles. The van der Waals surface area contributed by atoms with Crippen LogP contribution in [0.2, 0.25) is 5.02 Å². The van der Waals surface area contributed by atoms with Gasteiger partial charge in [0, 0.05) is 15.1 Å². The van der Waals surface area contributed by atoms with Crippen molar-refractivity contribution in [3.8, 4) is 0 Å². The van der Waals surface area contributed by atoms with Crippen molar-refractivity contribution in [3.05, 3.63) is 63.6 Å². The van der Waals surface area contributed by atoms with E-state index in [1.807, 2.05) is 18.2 Å². The SMILES string of the molecule is O=C(NNc1cccc(Cl)c1)c1ccc(Br)cc1. The number of amides is 1.